The minimum Gasteiger partial charge on any atom is -0.493 e. The Balaban J connectivity index is 1.59. The van der Waals surface area contributed by atoms with Crippen LogP contribution in [0.2, 0.25) is 0 Å². The molecule has 1 saturated heterocycles. The molecular formula is C19H23NO5. The Morgan fingerprint density at radius 1 is 1.12 bits per heavy atom. The fourth-order valence-corrected chi connectivity index (χ4v) is 3.69. The summed E-state index contributed by atoms with van der Waals surface area (Å²) in [5.74, 6) is -0.300. The van der Waals surface area contributed by atoms with E-state index in [0.717, 1.165) is 31.2 Å². The Hall–Kier alpha value is -2.37. The summed E-state index contributed by atoms with van der Waals surface area (Å²) in [6.45, 7) is 2.00. The molecule has 1 heterocycles. The highest BCUT2D eigenvalue weighted by molar-refractivity contribution is 6.05. The molecule has 134 valence electrons. The molecule has 6 nitrogen and oxygen atoms in total. The zero-order valence-electron chi connectivity index (χ0n) is 14.6. The first kappa shape index (κ1) is 17.5. The summed E-state index contributed by atoms with van der Waals surface area (Å²) in [4.78, 5) is 38.2. The summed E-state index contributed by atoms with van der Waals surface area (Å²) in [6.07, 6.45) is 3.51. The quantitative estimate of drug-likeness (QED) is 0.466. The van der Waals surface area contributed by atoms with Crippen LogP contribution in [0.1, 0.15) is 37.7 Å². The van der Waals surface area contributed by atoms with Crippen LogP contribution >= 0.6 is 0 Å². The first-order valence-corrected chi connectivity index (χ1v) is 8.72. The Labute approximate surface area is 147 Å². The molecular weight excluding hydrogens is 322 g/mol. The average molecular weight is 345 g/mol. The number of fused-ring (bicyclic) bond motifs is 1. The van der Waals surface area contributed by atoms with Gasteiger partial charge in [0.25, 0.3) is 0 Å². The minimum atomic E-state index is -0.488. The smallest absolute Gasteiger partial charge is 0.313 e. The standard InChI is InChI=1S/C19H23NO5/c1-12-7-8-15(16(11-12)24-2)25-17(21)9-10-20-18(22)13-5-3-4-6-14(13)19(20)23/h7-8,11,13-14H,3-6,9-10H2,1-2H3/t13-,14+. The monoisotopic (exact) mass is 345 g/mol. The Kier molecular flexibility index (Phi) is 5.06. The van der Waals surface area contributed by atoms with Gasteiger partial charge in [0.15, 0.2) is 11.5 Å². The second-order valence-corrected chi connectivity index (χ2v) is 6.70. The number of hydrogen-bond acceptors (Lipinski definition) is 5. The van der Waals surface area contributed by atoms with E-state index in [1.165, 1.54) is 12.0 Å². The van der Waals surface area contributed by atoms with Crippen molar-refractivity contribution in [3.05, 3.63) is 23.8 Å². The van der Waals surface area contributed by atoms with Gasteiger partial charge in [-0.1, -0.05) is 18.9 Å². The zero-order valence-corrected chi connectivity index (χ0v) is 14.6. The van der Waals surface area contributed by atoms with Crippen molar-refractivity contribution in [2.45, 2.75) is 39.0 Å². The van der Waals surface area contributed by atoms with E-state index in [1.807, 2.05) is 13.0 Å². The molecule has 25 heavy (non-hydrogen) atoms. The molecule has 2 aliphatic rings. The summed E-state index contributed by atoms with van der Waals surface area (Å²) in [7, 11) is 1.51. The van der Waals surface area contributed by atoms with Gasteiger partial charge in [-0.15, -0.1) is 0 Å². The van der Waals surface area contributed by atoms with E-state index >= 15 is 0 Å². The van der Waals surface area contributed by atoms with Crippen LogP contribution in [0.15, 0.2) is 18.2 Å². The first-order valence-electron chi connectivity index (χ1n) is 8.72. The summed E-state index contributed by atoms with van der Waals surface area (Å²) in [6, 6.07) is 5.27. The molecule has 1 aliphatic carbocycles. The number of aryl methyl sites for hydroxylation is 1. The number of hydrogen-bond donors (Lipinski definition) is 0. The fourth-order valence-electron chi connectivity index (χ4n) is 3.69. The van der Waals surface area contributed by atoms with Crippen molar-refractivity contribution in [2.75, 3.05) is 13.7 Å². The van der Waals surface area contributed by atoms with Crippen LogP contribution in [0.4, 0.5) is 0 Å². The molecule has 1 aromatic carbocycles. The topological polar surface area (TPSA) is 72.9 Å². The predicted molar refractivity (Wildman–Crippen MR) is 90.2 cm³/mol. The molecule has 2 atom stereocenters. The SMILES string of the molecule is COc1cc(C)ccc1OC(=O)CCN1C(=O)[C@H]2CCCC[C@H]2C1=O. The highest BCUT2D eigenvalue weighted by Gasteiger charge is 2.47. The van der Waals surface area contributed by atoms with Gasteiger partial charge in [-0.05, 0) is 37.5 Å². The number of imide groups is 1. The lowest BCUT2D eigenvalue weighted by molar-refractivity contribution is -0.141. The van der Waals surface area contributed by atoms with E-state index in [4.69, 9.17) is 9.47 Å². The first-order chi connectivity index (χ1) is 12.0. The molecule has 6 heteroatoms. The second-order valence-electron chi connectivity index (χ2n) is 6.70. The number of nitrogens with zero attached hydrogens (tertiary/aromatic N) is 1. The Bertz CT molecular complexity index is 675. The minimum absolute atomic E-state index is 0.0199. The van der Waals surface area contributed by atoms with Gasteiger partial charge in [0.05, 0.1) is 25.4 Å². The van der Waals surface area contributed by atoms with E-state index in [-0.39, 0.29) is 36.6 Å². The third kappa shape index (κ3) is 3.52. The fraction of sp³-hybridized carbons (Fsp3) is 0.526. The van der Waals surface area contributed by atoms with Crippen LogP contribution < -0.4 is 9.47 Å². The number of methoxy groups -OCH3 is 1. The number of carbonyl (C=O) groups is 3. The van der Waals surface area contributed by atoms with E-state index in [2.05, 4.69) is 0 Å². The van der Waals surface area contributed by atoms with Gasteiger partial charge in [-0.25, -0.2) is 0 Å². The van der Waals surface area contributed by atoms with Crippen molar-refractivity contribution in [2.24, 2.45) is 11.8 Å². The Morgan fingerprint density at radius 3 is 2.36 bits per heavy atom. The highest BCUT2D eigenvalue weighted by Crippen LogP contribution is 2.38. The van der Waals surface area contributed by atoms with Crippen molar-refractivity contribution >= 4 is 17.8 Å². The van der Waals surface area contributed by atoms with E-state index in [9.17, 15) is 14.4 Å². The van der Waals surface area contributed by atoms with Gasteiger partial charge < -0.3 is 9.47 Å². The summed E-state index contributed by atoms with van der Waals surface area (Å²) < 4.78 is 10.5. The van der Waals surface area contributed by atoms with Gasteiger partial charge in [0.2, 0.25) is 11.8 Å². The van der Waals surface area contributed by atoms with Gasteiger partial charge in [0.1, 0.15) is 0 Å². The average Bonchev–Trinajstić information content (AvgIpc) is 2.86. The van der Waals surface area contributed by atoms with Crippen molar-refractivity contribution in [3.63, 3.8) is 0 Å². The molecule has 0 spiro atoms. The number of benzene rings is 1. The maximum atomic E-state index is 12.4. The number of esters is 1. The van der Waals surface area contributed by atoms with Crippen LogP contribution in [-0.4, -0.2) is 36.3 Å². The van der Waals surface area contributed by atoms with Crippen LogP contribution in [0, 0.1) is 18.8 Å². The predicted octanol–water partition coefficient (Wildman–Crippen LogP) is 2.47. The van der Waals surface area contributed by atoms with E-state index in [1.54, 1.807) is 12.1 Å². The maximum Gasteiger partial charge on any atom is 0.313 e. The van der Waals surface area contributed by atoms with Crippen molar-refractivity contribution in [1.29, 1.82) is 0 Å². The lowest BCUT2D eigenvalue weighted by atomic mass is 9.81. The van der Waals surface area contributed by atoms with Crippen molar-refractivity contribution in [3.8, 4) is 11.5 Å². The summed E-state index contributed by atoms with van der Waals surface area (Å²) in [5.41, 5.74) is 0.993. The zero-order chi connectivity index (χ0) is 18.0. The van der Waals surface area contributed by atoms with Gasteiger partial charge in [-0.2, -0.15) is 0 Å². The lowest BCUT2D eigenvalue weighted by Gasteiger charge is -2.19. The highest BCUT2D eigenvalue weighted by atomic mass is 16.6. The molecule has 2 amide bonds. The summed E-state index contributed by atoms with van der Waals surface area (Å²) in [5, 5.41) is 0. The molecule has 2 fully saturated rings. The molecule has 0 N–H and O–H groups in total. The lowest BCUT2D eigenvalue weighted by Crippen LogP contribution is -2.33. The third-order valence-corrected chi connectivity index (χ3v) is 5.01. The largest absolute Gasteiger partial charge is 0.493 e. The number of carbonyl (C=O) groups excluding carboxylic acids is 3. The third-order valence-electron chi connectivity index (χ3n) is 5.01. The maximum absolute atomic E-state index is 12.4. The Morgan fingerprint density at radius 2 is 1.76 bits per heavy atom. The van der Waals surface area contributed by atoms with E-state index < -0.39 is 5.97 Å². The number of rotatable bonds is 5. The van der Waals surface area contributed by atoms with Crippen molar-refractivity contribution in [1.82, 2.24) is 4.90 Å². The van der Waals surface area contributed by atoms with Gasteiger partial charge >= 0.3 is 5.97 Å². The molecule has 1 aromatic rings. The number of ether oxygens (including phenoxy) is 2. The summed E-state index contributed by atoms with van der Waals surface area (Å²) >= 11 is 0. The van der Waals surface area contributed by atoms with Gasteiger partial charge in [0, 0.05) is 6.54 Å². The second kappa shape index (κ2) is 7.25. The molecule has 0 aromatic heterocycles. The van der Waals surface area contributed by atoms with Crippen LogP contribution in [0.25, 0.3) is 0 Å². The van der Waals surface area contributed by atoms with E-state index in [0.29, 0.717) is 11.5 Å². The van der Waals surface area contributed by atoms with Crippen LogP contribution in [0.3, 0.4) is 0 Å². The number of likely N-dealkylation sites (tertiary alicyclic amines) is 1. The normalized spacial score (nSPS) is 22.7. The molecule has 0 bridgehead atoms. The molecule has 1 aliphatic heterocycles. The van der Waals surface area contributed by atoms with Gasteiger partial charge in [-0.3, -0.25) is 19.3 Å². The molecule has 0 radical (unpaired) electrons. The molecule has 0 unspecified atom stereocenters. The molecule has 1 saturated carbocycles. The number of amides is 2. The van der Waals surface area contributed by atoms with Crippen LogP contribution in [0.5, 0.6) is 11.5 Å². The molecule has 3 rings (SSSR count). The van der Waals surface area contributed by atoms with Crippen LogP contribution in [-0.2, 0) is 14.4 Å². The van der Waals surface area contributed by atoms with Crippen molar-refractivity contribution < 1.29 is 23.9 Å².